The van der Waals surface area contributed by atoms with E-state index in [4.69, 9.17) is 15.7 Å². The molecule has 0 saturated carbocycles. The van der Waals surface area contributed by atoms with Gasteiger partial charge in [-0.2, -0.15) is 4.98 Å². The molecule has 2 aromatic carbocycles. The molecule has 1 fully saturated rings. The predicted molar refractivity (Wildman–Crippen MR) is 151 cm³/mol. The number of hydrogen-bond acceptors (Lipinski definition) is 10. The summed E-state index contributed by atoms with van der Waals surface area (Å²) in [5.74, 6) is -1.66. The van der Waals surface area contributed by atoms with Crippen LogP contribution in [-0.4, -0.2) is 70.0 Å². The number of anilines is 5. The van der Waals surface area contributed by atoms with E-state index >= 15 is 4.39 Å². The lowest BCUT2D eigenvalue weighted by Crippen LogP contribution is -2.45. The van der Waals surface area contributed by atoms with E-state index in [9.17, 15) is 19.1 Å². The van der Waals surface area contributed by atoms with E-state index in [0.717, 1.165) is 18.4 Å². The molecule has 4 rings (SSSR count). The fraction of sp³-hybridized carbons (Fsp3) is 0.200. The molecular weight excluding hydrogens is 542 g/mol. The van der Waals surface area contributed by atoms with Crippen molar-refractivity contribution >= 4 is 48.8 Å². The number of carbonyl (C=O) groups is 1. The Balaban J connectivity index is 1.73. The van der Waals surface area contributed by atoms with Crippen molar-refractivity contribution < 1.29 is 28.1 Å². The zero-order chi connectivity index (χ0) is 29.0. The Kier molecular flexibility index (Phi) is 8.45. The fourth-order valence-electron chi connectivity index (χ4n) is 4.15. The lowest BCUT2D eigenvalue weighted by Gasteiger charge is -2.35. The Morgan fingerprint density at radius 2 is 1.93 bits per heavy atom. The summed E-state index contributed by atoms with van der Waals surface area (Å²) in [6, 6.07) is 9.02. The summed E-state index contributed by atoms with van der Waals surface area (Å²) in [7, 11) is -3.11. The number of nitrogens with two attached hydrogens (primary N) is 1. The van der Waals surface area contributed by atoms with Crippen molar-refractivity contribution in [2.24, 2.45) is 0 Å². The van der Waals surface area contributed by atoms with Crippen molar-refractivity contribution in [1.82, 2.24) is 14.9 Å². The van der Waals surface area contributed by atoms with Gasteiger partial charge in [0, 0.05) is 55.4 Å². The molecule has 13 nitrogen and oxygen atoms in total. The number of nitrogens with one attached hydrogen (secondary N) is 3. The Morgan fingerprint density at radius 1 is 1.20 bits per heavy atom. The highest BCUT2D eigenvalue weighted by Crippen LogP contribution is 2.45. The van der Waals surface area contributed by atoms with Crippen LogP contribution >= 0.6 is 7.82 Å². The molecule has 3 aromatic rings. The molecular formula is C25H28FN8O5P. The summed E-state index contributed by atoms with van der Waals surface area (Å²) in [4.78, 5) is 43.0. The number of rotatable bonds is 9. The summed E-state index contributed by atoms with van der Waals surface area (Å²) in [5.41, 5.74) is 7.48. The highest BCUT2D eigenvalue weighted by atomic mass is 31.2. The largest absolute Gasteiger partial charge is 0.524 e. The van der Waals surface area contributed by atoms with E-state index in [1.165, 1.54) is 6.07 Å². The number of aromatic nitrogens is 2. The van der Waals surface area contributed by atoms with Gasteiger partial charge >= 0.3 is 7.82 Å². The van der Waals surface area contributed by atoms with E-state index in [-0.39, 0.29) is 40.1 Å². The van der Waals surface area contributed by atoms with Crippen LogP contribution in [0.25, 0.3) is 11.3 Å². The Hall–Kier alpha value is -4.36. The van der Waals surface area contributed by atoms with Crippen LogP contribution in [0.5, 0.6) is 5.75 Å². The highest BCUT2D eigenvalue weighted by Gasteiger charge is 2.27. The number of phosphoric acid groups is 1. The first-order valence-electron chi connectivity index (χ1n) is 12.0. The number of phosphoric ester groups is 1. The van der Waals surface area contributed by atoms with Gasteiger partial charge in [0.15, 0.2) is 11.6 Å². The fourth-order valence-corrected chi connectivity index (χ4v) is 4.55. The van der Waals surface area contributed by atoms with Crippen LogP contribution < -0.4 is 25.8 Å². The number of hydrogen-bond donors (Lipinski definition) is 6. The molecule has 1 aliphatic heterocycles. The molecule has 2 heterocycles. The molecule has 0 aliphatic carbocycles. The van der Waals surface area contributed by atoms with Gasteiger partial charge in [-0.05, 0) is 31.3 Å². The quantitative estimate of drug-likeness (QED) is 0.126. The van der Waals surface area contributed by atoms with Crippen molar-refractivity contribution in [3.8, 4) is 17.0 Å². The number of benzene rings is 2. The monoisotopic (exact) mass is 570 g/mol. The summed E-state index contributed by atoms with van der Waals surface area (Å²) < 4.78 is 32.0. The zero-order valence-corrected chi connectivity index (χ0v) is 22.4. The molecule has 1 aromatic heterocycles. The van der Waals surface area contributed by atoms with Crippen molar-refractivity contribution in [2.45, 2.75) is 0 Å². The molecule has 1 amide bonds. The molecule has 0 spiro atoms. The third kappa shape index (κ3) is 6.79. The molecule has 0 radical (unpaired) electrons. The summed E-state index contributed by atoms with van der Waals surface area (Å²) in [6.45, 7) is 5.54. The summed E-state index contributed by atoms with van der Waals surface area (Å²) in [5, 5.41) is 13.3. The van der Waals surface area contributed by atoms with Gasteiger partial charge in [0.1, 0.15) is 11.5 Å². The van der Waals surface area contributed by atoms with Gasteiger partial charge in [-0.15, -0.1) is 0 Å². The maximum Gasteiger partial charge on any atom is 0.524 e. The third-order valence-corrected chi connectivity index (χ3v) is 6.46. The van der Waals surface area contributed by atoms with Crippen molar-refractivity contribution in [1.29, 1.82) is 5.41 Å². The maximum absolute atomic E-state index is 15.4. The zero-order valence-electron chi connectivity index (χ0n) is 21.5. The summed E-state index contributed by atoms with van der Waals surface area (Å²) in [6.07, 6.45) is 2.11. The standard InChI is InChI=1S/C25H28FN8O5P/c1-3-21(35)29-16-6-4-5-15(11-16)22-18(14-27)24(28)32-25(31-22)30-17-12-19(26)23(20(13-17)39-40(36,37)38)34-9-7-33(2)8-10-34/h3-6,11-14,27H,1,7-10H2,2H3,(H,29,35)(H2,36,37,38)(H3,28,30,31,32). The molecule has 0 unspecified atom stereocenters. The molecule has 7 N–H and O–H groups in total. The third-order valence-electron chi connectivity index (χ3n) is 6.03. The lowest BCUT2D eigenvalue weighted by molar-refractivity contribution is -0.111. The first-order chi connectivity index (χ1) is 19.0. The van der Waals surface area contributed by atoms with E-state index in [1.54, 1.807) is 29.2 Å². The van der Waals surface area contributed by atoms with Gasteiger partial charge in [-0.1, -0.05) is 18.7 Å². The Labute approximate surface area is 229 Å². The number of amides is 1. The molecule has 0 bridgehead atoms. The van der Waals surface area contributed by atoms with Crippen LogP contribution in [0, 0.1) is 11.2 Å². The van der Waals surface area contributed by atoms with Crippen molar-refractivity contribution in [2.75, 3.05) is 54.5 Å². The molecule has 40 heavy (non-hydrogen) atoms. The number of piperazine rings is 1. The number of carbonyl (C=O) groups excluding carboxylic acids is 1. The van der Waals surface area contributed by atoms with Crippen LogP contribution in [0.15, 0.2) is 49.1 Å². The lowest BCUT2D eigenvalue weighted by atomic mass is 10.1. The minimum absolute atomic E-state index is 0.0405. The number of halogens is 1. The van der Waals surface area contributed by atoms with Crippen LogP contribution in [0.4, 0.5) is 33.2 Å². The first kappa shape index (κ1) is 28.6. The number of nitrogen functional groups attached to an aromatic ring is 1. The van der Waals surface area contributed by atoms with Gasteiger partial charge < -0.3 is 36.1 Å². The second-order valence-electron chi connectivity index (χ2n) is 8.92. The van der Waals surface area contributed by atoms with E-state index in [0.29, 0.717) is 37.4 Å². The molecule has 1 saturated heterocycles. The van der Waals surface area contributed by atoms with E-state index in [2.05, 4.69) is 27.2 Å². The van der Waals surface area contributed by atoms with Gasteiger partial charge in [0.05, 0.1) is 11.3 Å². The average molecular weight is 571 g/mol. The Bertz CT molecular complexity index is 1510. The van der Waals surface area contributed by atoms with Gasteiger partial charge in [-0.3, -0.25) is 14.6 Å². The summed E-state index contributed by atoms with van der Waals surface area (Å²) >= 11 is 0. The number of nitrogens with zero attached hydrogens (tertiary/aromatic N) is 4. The van der Waals surface area contributed by atoms with Crippen molar-refractivity contribution in [3.63, 3.8) is 0 Å². The second kappa shape index (κ2) is 11.8. The SMILES string of the molecule is C=CC(=O)Nc1cccc(-c2nc(Nc3cc(F)c(N4CCN(C)CC4)c(OP(=O)(O)O)c3)nc(N)c2C=N)c1. The predicted octanol–water partition coefficient (Wildman–Crippen LogP) is 2.95. The molecule has 1 aliphatic rings. The van der Waals surface area contributed by atoms with Crippen LogP contribution in [-0.2, 0) is 9.36 Å². The van der Waals surface area contributed by atoms with Gasteiger partial charge in [0.25, 0.3) is 0 Å². The average Bonchev–Trinajstić information content (AvgIpc) is 2.88. The van der Waals surface area contributed by atoms with E-state index in [1.807, 2.05) is 11.9 Å². The van der Waals surface area contributed by atoms with Gasteiger partial charge in [-0.25, -0.2) is 13.9 Å². The smallest absolute Gasteiger partial charge is 0.402 e. The highest BCUT2D eigenvalue weighted by molar-refractivity contribution is 7.46. The Morgan fingerprint density at radius 3 is 2.58 bits per heavy atom. The van der Waals surface area contributed by atoms with Crippen LogP contribution in [0.3, 0.4) is 0 Å². The molecule has 210 valence electrons. The van der Waals surface area contributed by atoms with Crippen LogP contribution in [0.1, 0.15) is 5.56 Å². The number of likely N-dealkylation sites (N-methyl/N-ethyl adjacent to an activating group) is 1. The van der Waals surface area contributed by atoms with Crippen molar-refractivity contribution in [3.05, 3.63) is 60.4 Å². The van der Waals surface area contributed by atoms with Crippen LogP contribution in [0.2, 0.25) is 0 Å². The second-order valence-corrected chi connectivity index (χ2v) is 10.1. The normalized spacial score (nSPS) is 13.9. The minimum Gasteiger partial charge on any atom is -0.402 e. The molecule has 0 atom stereocenters. The maximum atomic E-state index is 15.4. The van der Waals surface area contributed by atoms with Gasteiger partial charge in [0.2, 0.25) is 11.9 Å². The topological polar surface area (TPSA) is 190 Å². The minimum atomic E-state index is -5.03. The van der Waals surface area contributed by atoms with E-state index < -0.39 is 19.5 Å². The first-order valence-corrected chi connectivity index (χ1v) is 13.5. The molecule has 15 heteroatoms.